The third kappa shape index (κ3) is 3.28. The number of rotatable bonds is 3. The zero-order chi connectivity index (χ0) is 12.3. The molecule has 1 atom stereocenters. The van der Waals surface area contributed by atoms with Crippen molar-refractivity contribution >= 4 is 37.8 Å². The largest absolute Gasteiger partial charge is 0.468 e. The van der Waals surface area contributed by atoms with Gasteiger partial charge in [-0.1, -0.05) is 15.9 Å². The van der Waals surface area contributed by atoms with Gasteiger partial charge in [0.2, 0.25) is 0 Å². The molecule has 1 unspecified atom stereocenters. The van der Waals surface area contributed by atoms with Crippen LogP contribution in [-0.4, -0.2) is 17.9 Å². The summed E-state index contributed by atoms with van der Waals surface area (Å²) < 4.78 is 18.2. The number of carbonyl (C=O) groups is 1. The number of hydrogen-bond acceptors (Lipinski definition) is 2. The van der Waals surface area contributed by atoms with Gasteiger partial charge in [-0.15, -0.1) is 0 Å². The molecule has 0 aliphatic heterocycles. The standard InChI is InChI=1S/C11H11Br2FO2/c1-6-3-10(14)8(12)4-7(6)5-9(13)11(15)16-2/h3-4,9H,5H2,1-2H3. The van der Waals surface area contributed by atoms with E-state index in [0.29, 0.717) is 10.9 Å². The number of alkyl halides is 1. The Hall–Kier alpha value is -0.420. The van der Waals surface area contributed by atoms with Crippen LogP contribution >= 0.6 is 31.9 Å². The second-order valence-corrected chi connectivity index (χ2v) is 5.35. The molecule has 0 saturated carbocycles. The molecular formula is C11H11Br2FO2. The highest BCUT2D eigenvalue weighted by atomic mass is 79.9. The van der Waals surface area contributed by atoms with E-state index in [0.717, 1.165) is 11.1 Å². The van der Waals surface area contributed by atoms with Crippen molar-refractivity contribution in [2.45, 2.75) is 18.2 Å². The van der Waals surface area contributed by atoms with Gasteiger partial charge < -0.3 is 4.74 Å². The van der Waals surface area contributed by atoms with Gasteiger partial charge in [0.1, 0.15) is 10.6 Å². The zero-order valence-corrected chi connectivity index (χ0v) is 12.1. The first kappa shape index (κ1) is 13.6. The molecule has 88 valence electrons. The molecule has 0 aliphatic carbocycles. The average Bonchev–Trinajstić information content (AvgIpc) is 2.24. The highest BCUT2D eigenvalue weighted by molar-refractivity contribution is 9.10. The summed E-state index contributed by atoms with van der Waals surface area (Å²) in [5.74, 6) is -0.634. The molecule has 0 aromatic heterocycles. The van der Waals surface area contributed by atoms with Crippen molar-refractivity contribution < 1.29 is 13.9 Å². The summed E-state index contributed by atoms with van der Waals surface area (Å²) in [6, 6.07) is 3.12. The lowest BCUT2D eigenvalue weighted by Crippen LogP contribution is -2.18. The van der Waals surface area contributed by atoms with Gasteiger partial charge in [-0.25, -0.2) is 4.39 Å². The highest BCUT2D eigenvalue weighted by Gasteiger charge is 2.17. The van der Waals surface area contributed by atoms with E-state index in [4.69, 9.17) is 0 Å². The maximum Gasteiger partial charge on any atom is 0.319 e. The molecule has 0 saturated heterocycles. The van der Waals surface area contributed by atoms with Gasteiger partial charge in [-0.2, -0.15) is 0 Å². The van der Waals surface area contributed by atoms with Gasteiger partial charge in [0.25, 0.3) is 0 Å². The Morgan fingerprint density at radius 3 is 2.75 bits per heavy atom. The summed E-state index contributed by atoms with van der Waals surface area (Å²) in [5, 5.41) is 0. The Morgan fingerprint density at radius 1 is 1.56 bits per heavy atom. The molecule has 0 heterocycles. The lowest BCUT2D eigenvalue weighted by molar-refractivity contribution is -0.139. The maximum absolute atomic E-state index is 13.2. The molecule has 0 amide bonds. The van der Waals surface area contributed by atoms with E-state index in [1.807, 2.05) is 6.92 Å². The summed E-state index contributed by atoms with van der Waals surface area (Å²) in [6.07, 6.45) is 0.470. The van der Waals surface area contributed by atoms with Crippen LogP contribution in [0.3, 0.4) is 0 Å². The zero-order valence-electron chi connectivity index (χ0n) is 8.89. The quantitative estimate of drug-likeness (QED) is 0.615. The van der Waals surface area contributed by atoms with Crippen LogP contribution in [0.4, 0.5) is 4.39 Å². The fourth-order valence-corrected chi connectivity index (χ4v) is 2.24. The number of methoxy groups -OCH3 is 1. The van der Waals surface area contributed by atoms with Crippen molar-refractivity contribution in [1.82, 2.24) is 0 Å². The molecule has 5 heteroatoms. The fourth-order valence-electron chi connectivity index (χ4n) is 1.31. The third-order valence-electron chi connectivity index (χ3n) is 2.23. The van der Waals surface area contributed by atoms with Crippen LogP contribution in [0.2, 0.25) is 0 Å². The molecule has 16 heavy (non-hydrogen) atoms. The minimum atomic E-state index is -0.409. The summed E-state index contributed by atoms with van der Waals surface area (Å²) in [5.41, 5.74) is 1.72. The molecule has 0 spiro atoms. The van der Waals surface area contributed by atoms with Crippen LogP contribution in [0.5, 0.6) is 0 Å². The predicted octanol–water partition coefficient (Wildman–Crippen LogP) is 3.38. The molecule has 1 rings (SSSR count). The van der Waals surface area contributed by atoms with Crippen LogP contribution < -0.4 is 0 Å². The van der Waals surface area contributed by atoms with E-state index in [9.17, 15) is 9.18 Å². The van der Waals surface area contributed by atoms with E-state index >= 15 is 0 Å². The van der Waals surface area contributed by atoms with Crippen molar-refractivity contribution in [3.8, 4) is 0 Å². The van der Waals surface area contributed by atoms with Gasteiger partial charge in [-0.3, -0.25) is 4.79 Å². The Morgan fingerprint density at radius 2 is 2.19 bits per heavy atom. The lowest BCUT2D eigenvalue weighted by Gasteiger charge is -2.11. The Bertz CT molecular complexity index is 407. The molecule has 1 aromatic rings. The van der Waals surface area contributed by atoms with E-state index in [1.54, 1.807) is 6.07 Å². The van der Waals surface area contributed by atoms with Gasteiger partial charge in [-0.05, 0) is 52.5 Å². The van der Waals surface area contributed by atoms with E-state index in [-0.39, 0.29) is 11.8 Å². The highest BCUT2D eigenvalue weighted by Crippen LogP contribution is 2.23. The first-order valence-electron chi connectivity index (χ1n) is 4.62. The average molecular weight is 354 g/mol. The van der Waals surface area contributed by atoms with E-state index < -0.39 is 4.83 Å². The second-order valence-electron chi connectivity index (χ2n) is 3.39. The van der Waals surface area contributed by atoms with Gasteiger partial charge in [0.15, 0.2) is 0 Å². The Balaban J connectivity index is 2.89. The number of halogens is 3. The van der Waals surface area contributed by atoms with Crippen LogP contribution in [0, 0.1) is 12.7 Å². The van der Waals surface area contributed by atoms with Crippen LogP contribution in [0.15, 0.2) is 16.6 Å². The van der Waals surface area contributed by atoms with E-state index in [2.05, 4.69) is 36.6 Å². The monoisotopic (exact) mass is 352 g/mol. The first-order valence-corrected chi connectivity index (χ1v) is 6.33. The Labute approximate surface area is 110 Å². The van der Waals surface area contributed by atoms with Crippen LogP contribution in [0.25, 0.3) is 0 Å². The van der Waals surface area contributed by atoms with Gasteiger partial charge in [0.05, 0.1) is 11.6 Å². The van der Waals surface area contributed by atoms with Crippen molar-refractivity contribution in [1.29, 1.82) is 0 Å². The van der Waals surface area contributed by atoms with Crippen LogP contribution in [0.1, 0.15) is 11.1 Å². The number of carbonyl (C=O) groups excluding carboxylic acids is 1. The van der Waals surface area contributed by atoms with Gasteiger partial charge in [0, 0.05) is 0 Å². The number of aryl methyl sites for hydroxylation is 1. The normalized spacial score (nSPS) is 12.3. The molecule has 2 nitrogen and oxygen atoms in total. The number of benzene rings is 1. The molecule has 0 aliphatic rings. The van der Waals surface area contributed by atoms with Crippen molar-refractivity contribution in [2.24, 2.45) is 0 Å². The number of esters is 1. The summed E-state index contributed by atoms with van der Waals surface area (Å²) in [4.78, 5) is 10.8. The maximum atomic E-state index is 13.2. The van der Waals surface area contributed by atoms with Crippen LogP contribution in [-0.2, 0) is 16.0 Å². The SMILES string of the molecule is COC(=O)C(Br)Cc1cc(Br)c(F)cc1C. The molecule has 0 N–H and O–H groups in total. The summed E-state index contributed by atoms with van der Waals surface area (Å²) >= 11 is 6.35. The topological polar surface area (TPSA) is 26.3 Å². The number of ether oxygens (including phenoxy) is 1. The molecule has 1 aromatic carbocycles. The number of hydrogen-bond donors (Lipinski definition) is 0. The molecule has 0 fully saturated rings. The summed E-state index contributed by atoms with van der Waals surface area (Å²) in [6.45, 7) is 1.81. The molecule has 0 radical (unpaired) electrons. The van der Waals surface area contributed by atoms with Crippen molar-refractivity contribution in [2.75, 3.05) is 7.11 Å². The smallest absolute Gasteiger partial charge is 0.319 e. The Kier molecular flexibility index (Phi) is 4.92. The predicted molar refractivity (Wildman–Crippen MR) is 67.3 cm³/mol. The lowest BCUT2D eigenvalue weighted by atomic mass is 10.0. The summed E-state index contributed by atoms with van der Waals surface area (Å²) in [7, 11) is 1.34. The minimum Gasteiger partial charge on any atom is -0.468 e. The van der Waals surface area contributed by atoms with Crippen molar-refractivity contribution in [3.63, 3.8) is 0 Å². The minimum absolute atomic E-state index is 0.301. The third-order valence-corrected chi connectivity index (χ3v) is 3.54. The van der Waals surface area contributed by atoms with Crippen molar-refractivity contribution in [3.05, 3.63) is 33.5 Å². The first-order chi connectivity index (χ1) is 7.45. The second kappa shape index (κ2) is 5.77. The fraction of sp³-hybridized carbons (Fsp3) is 0.364. The van der Waals surface area contributed by atoms with Gasteiger partial charge >= 0.3 is 5.97 Å². The molecule has 0 bridgehead atoms. The molecular weight excluding hydrogens is 343 g/mol. The van der Waals surface area contributed by atoms with E-state index in [1.165, 1.54) is 13.2 Å².